The van der Waals surface area contributed by atoms with Crippen LogP contribution in [0.5, 0.6) is 0 Å². The second kappa shape index (κ2) is 9.90. The quantitative estimate of drug-likeness (QED) is 0.465. The van der Waals surface area contributed by atoms with E-state index in [1.807, 2.05) is 42.5 Å². The lowest BCUT2D eigenvalue weighted by Gasteiger charge is -2.32. The fourth-order valence-electron chi connectivity index (χ4n) is 4.62. The molecule has 1 fully saturated rings. The van der Waals surface area contributed by atoms with Crippen molar-refractivity contribution in [2.24, 2.45) is 0 Å². The third-order valence-corrected chi connectivity index (χ3v) is 6.12. The van der Waals surface area contributed by atoms with E-state index in [4.69, 9.17) is 9.47 Å². The highest BCUT2D eigenvalue weighted by molar-refractivity contribution is 6.05. The third kappa shape index (κ3) is 5.53. The molecule has 2 heterocycles. The van der Waals surface area contributed by atoms with Crippen LogP contribution in [0.25, 0.3) is 0 Å². The Hall–Kier alpha value is -3.68. The average Bonchev–Trinajstić information content (AvgIpc) is 3.00. The number of carbonyl (C=O) groups is 4. The predicted octanol–water partition coefficient (Wildman–Crippen LogP) is 3.66. The SMILES string of the molecule is CC(C)(C)OC(=O)CN1C(=O)[C@@H](N2C(=O)OC(=O)[C@@H]2CCc2ccccc2)CCc2ccccc21. The second-order valence-corrected chi connectivity index (χ2v) is 9.83. The summed E-state index contributed by atoms with van der Waals surface area (Å²) in [6.45, 7) is 4.98. The predicted molar refractivity (Wildman–Crippen MR) is 129 cm³/mol. The van der Waals surface area contributed by atoms with Gasteiger partial charge in [-0.25, -0.2) is 9.59 Å². The molecule has 0 radical (unpaired) electrons. The Balaban J connectivity index is 1.61. The number of carbonyl (C=O) groups excluding carboxylic acids is 4. The number of hydrogen-bond acceptors (Lipinski definition) is 6. The summed E-state index contributed by atoms with van der Waals surface area (Å²) in [5.41, 5.74) is 1.79. The average molecular weight is 479 g/mol. The topological polar surface area (TPSA) is 93.2 Å². The van der Waals surface area contributed by atoms with E-state index in [-0.39, 0.29) is 6.54 Å². The molecule has 8 nitrogen and oxygen atoms in total. The van der Waals surface area contributed by atoms with Crippen molar-refractivity contribution < 1.29 is 28.7 Å². The van der Waals surface area contributed by atoms with Crippen LogP contribution < -0.4 is 4.90 Å². The molecular weight excluding hydrogens is 448 g/mol. The number of esters is 2. The Bertz CT molecular complexity index is 1120. The molecule has 0 N–H and O–H groups in total. The number of fused-ring (bicyclic) bond motifs is 1. The van der Waals surface area contributed by atoms with E-state index in [9.17, 15) is 19.2 Å². The minimum absolute atomic E-state index is 0.296. The first-order valence-electron chi connectivity index (χ1n) is 11.8. The minimum atomic E-state index is -0.940. The molecule has 0 spiro atoms. The normalized spacial score (nSPS) is 20.4. The van der Waals surface area contributed by atoms with Gasteiger partial charge >= 0.3 is 18.0 Å². The molecule has 0 unspecified atom stereocenters. The fraction of sp³-hybridized carbons (Fsp3) is 0.407. The van der Waals surface area contributed by atoms with Crippen LogP contribution in [-0.4, -0.2) is 53.1 Å². The summed E-state index contributed by atoms with van der Waals surface area (Å²) in [6, 6.07) is 15.1. The Morgan fingerprint density at radius 1 is 1.03 bits per heavy atom. The molecular formula is C27H30N2O6. The van der Waals surface area contributed by atoms with Crippen LogP contribution in [0.3, 0.4) is 0 Å². The van der Waals surface area contributed by atoms with Crippen molar-refractivity contribution in [3.8, 4) is 0 Å². The van der Waals surface area contributed by atoms with Gasteiger partial charge in [0, 0.05) is 5.69 Å². The lowest BCUT2D eigenvalue weighted by molar-refractivity contribution is -0.153. The van der Waals surface area contributed by atoms with Crippen molar-refractivity contribution in [3.05, 3.63) is 65.7 Å². The van der Waals surface area contributed by atoms with Gasteiger partial charge in [-0.1, -0.05) is 48.5 Å². The molecule has 0 bridgehead atoms. The second-order valence-electron chi connectivity index (χ2n) is 9.83. The van der Waals surface area contributed by atoms with Crippen molar-refractivity contribution in [3.63, 3.8) is 0 Å². The number of rotatable bonds is 6. The molecule has 35 heavy (non-hydrogen) atoms. The minimum Gasteiger partial charge on any atom is -0.459 e. The first-order valence-corrected chi connectivity index (χ1v) is 11.8. The number of para-hydroxylation sites is 1. The highest BCUT2D eigenvalue weighted by Crippen LogP contribution is 2.32. The van der Waals surface area contributed by atoms with Crippen molar-refractivity contribution >= 4 is 29.6 Å². The molecule has 2 amide bonds. The van der Waals surface area contributed by atoms with E-state index < -0.39 is 41.6 Å². The van der Waals surface area contributed by atoms with E-state index in [2.05, 4.69) is 0 Å². The summed E-state index contributed by atoms with van der Waals surface area (Å²) in [6.07, 6.45) is 0.866. The number of cyclic esters (lactones) is 2. The molecule has 0 aliphatic carbocycles. The van der Waals surface area contributed by atoms with Crippen LogP contribution in [0.1, 0.15) is 44.7 Å². The molecule has 184 valence electrons. The number of hydrogen-bond donors (Lipinski definition) is 0. The molecule has 8 heteroatoms. The van der Waals surface area contributed by atoms with E-state index in [0.29, 0.717) is 31.4 Å². The van der Waals surface area contributed by atoms with Gasteiger partial charge < -0.3 is 9.47 Å². The van der Waals surface area contributed by atoms with E-state index >= 15 is 0 Å². The number of anilines is 1. The molecule has 2 atom stereocenters. The van der Waals surface area contributed by atoms with E-state index in [1.54, 1.807) is 32.9 Å². The highest BCUT2D eigenvalue weighted by atomic mass is 16.6. The Kier molecular flexibility index (Phi) is 6.91. The Morgan fingerprint density at radius 3 is 2.43 bits per heavy atom. The van der Waals surface area contributed by atoms with Gasteiger partial charge in [0.25, 0.3) is 5.91 Å². The molecule has 2 aliphatic rings. The largest absolute Gasteiger partial charge is 0.459 e. The lowest BCUT2D eigenvalue weighted by Crippen LogP contribution is -2.53. The van der Waals surface area contributed by atoms with Crippen LogP contribution in [0, 0.1) is 0 Å². The van der Waals surface area contributed by atoms with Gasteiger partial charge in [-0.05, 0) is 63.6 Å². The maximum absolute atomic E-state index is 13.8. The summed E-state index contributed by atoms with van der Waals surface area (Å²) < 4.78 is 10.4. The lowest BCUT2D eigenvalue weighted by atomic mass is 10.0. The van der Waals surface area contributed by atoms with Gasteiger partial charge in [0.1, 0.15) is 24.2 Å². The monoisotopic (exact) mass is 478 g/mol. The molecule has 2 aromatic rings. The van der Waals surface area contributed by atoms with E-state index in [1.165, 1.54) is 9.80 Å². The first-order chi connectivity index (χ1) is 16.6. The van der Waals surface area contributed by atoms with Gasteiger partial charge in [0.2, 0.25) is 0 Å². The van der Waals surface area contributed by atoms with Crippen molar-refractivity contribution in [1.82, 2.24) is 4.90 Å². The fourth-order valence-corrected chi connectivity index (χ4v) is 4.62. The number of nitrogens with zero attached hydrogens (tertiary/aromatic N) is 2. The molecule has 2 aliphatic heterocycles. The zero-order valence-corrected chi connectivity index (χ0v) is 20.2. The highest BCUT2D eigenvalue weighted by Gasteiger charge is 2.48. The van der Waals surface area contributed by atoms with Gasteiger partial charge in [0.05, 0.1) is 0 Å². The maximum atomic E-state index is 13.8. The Labute approximate surface area is 204 Å². The number of amides is 2. The van der Waals surface area contributed by atoms with Crippen LogP contribution in [-0.2, 0) is 36.7 Å². The third-order valence-electron chi connectivity index (χ3n) is 6.12. The van der Waals surface area contributed by atoms with Crippen LogP contribution in [0.4, 0.5) is 10.5 Å². The standard InChI is InChI=1S/C27H30N2O6/c1-27(2,3)35-23(30)17-28-20-12-8-7-11-19(20)14-16-21(24(28)31)29-22(25(32)34-26(29)33)15-13-18-9-5-4-6-10-18/h4-12,21-22H,13-17H2,1-3H3/t21-,22-/m0/s1. The molecule has 0 aromatic heterocycles. The van der Waals surface area contributed by atoms with Crippen molar-refractivity contribution in [2.45, 2.75) is 64.1 Å². The zero-order chi connectivity index (χ0) is 25.2. The van der Waals surface area contributed by atoms with E-state index in [0.717, 1.165) is 11.1 Å². The van der Waals surface area contributed by atoms with Crippen LogP contribution >= 0.6 is 0 Å². The maximum Gasteiger partial charge on any atom is 0.419 e. The number of benzene rings is 2. The van der Waals surface area contributed by atoms with Crippen LogP contribution in [0.15, 0.2) is 54.6 Å². The summed E-state index contributed by atoms with van der Waals surface area (Å²) in [5, 5.41) is 0. The molecule has 4 rings (SSSR count). The van der Waals surface area contributed by atoms with Gasteiger partial charge in [-0.3, -0.25) is 19.4 Å². The zero-order valence-electron chi connectivity index (χ0n) is 20.2. The molecule has 2 aromatic carbocycles. The summed E-state index contributed by atoms with van der Waals surface area (Å²) in [4.78, 5) is 54.5. The van der Waals surface area contributed by atoms with Crippen molar-refractivity contribution in [2.75, 3.05) is 11.4 Å². The summed E-state index contributed by atoms with van der Waals surface area (Å²) in [5.74, 6) is -1.64. The summed E-state index contributed by atoms with van der Waals surface area (Å²) in [7, 11) is 0. The van der Waals surface area contributed by atoms with Gasteiger partial charge in [0.15, 0.2) is 0 Å². The smallest absolute Gasteiger partial charge is 0.419 e. The van der Waals surface area contributed by atoms with Gasteiger partial charge in [-0.15, -0.1) is 0 Å². The first kappa shape index (κ1) is 24.4. The number of aryl methyl sites for hydroxylation is 2. The molecule has 0 saturated carbocycles. The Morgan fingerprint density at radius 2 is 1.71 bits per heavy atom. The number of ether oxygens (including phenoxy) is 2. The summed E-state index contributed by atoms with van der Waals surface area (Å²) >= 11 is 0. The molecule has 1 saturated heterocycles. The van der Waals surface area contributed by atoms with Crippen molar-refractivity contribution in [1.29, 1.82) is 0 Å². The van der Waals surface area contributed by atoms with Gasteiger partial charge in [-0.2, -0.15) is 0 Å². The van der Waals surface area contributed by atoms with Crippen LogP contribution in [0.2, 0.25) is 0 Å².